The zero-order valence-electron chi connectivity index (χ0n) is 15.2. The highest BCUT2D eigenvalue weighted by atomic mass is 19.1. The lowest BCUT2D eigenvalue weighted by Gasteiger charge is -2.26. The van der Waals surface area contributed by atoms with Crippen LogP contribution in [0, 0.1) is 5.82 Å². The van der Waals surface area contributed by atoms with Crippen molar-refractivity contribution < 1.29 is 18.5 Å². The zero-order chi connectivity index (χ0) is 19.5. The molecule has 4 rings (SSSR count). The standard InChI is InChI=1S/C22H19FN2O3/c23-17-8-6-16(7-9-17)22-18-14-25(13-12-19(18)24-28-22)21(27)11-10-20(26)15-4-2-1-3-5-15/h1-9H,10-14H2. The number of nitrogens with zero attached hydrogens (tertiary/aromatic N) is 2. The van der Waals surface area contributed by atoms with Crippen molar-refractivity contribution in [1.29, 1.82) is 0 Å². The van der Waals surface area contributed by atoms with Gasteiger partial charge in [-0.3, -0.25) is 9.59 Å². The second kappa shape index (κ2) is 7.76. The molecule has 5 nitrogen and oxygen atoms in total. The minimum absolute atomic E-state index is 0.0383. The van der Waals surface area contributed by atoms with E-state index in [0.717, 1.165) is 16.8 Å². The van der Waals surface area contributed by atoms with E-state index in [4.69, 9.17) is 4.52 Å². The smallest absolute Gasteiger partial charge is 0.223 e. The van der Waals surface area contributed by atoms with Gasteiger partial charge < -0.3 is 9.42 Å². The van der Waals surface area contributed by atoms with Crippen molar-refractivity contribution in [2.75, 3.05) is 6.54 Å². The normalized spacial score (nSPS) is 13.2. The van der Waals surface area contributed by atoms with Crippen LogP contribution in [0.2, 0.25) is 0 Å². The minimum Gasteiger partial charge on any atom is -0.356 e. The maximum Gasteiger partial charge on any atom is 0.223 e. The monoisotopic (exact) mass is 378 g/mol. The van der Waals surface area contributed by atoms with Gasteiger partial charge in [0.25, 0.3) is 0 Å². The van der Waals surface area contributed by atoms with Crippen molar-refractivity contribution in [2.45, 2.75) is 25.8 Å². The first-order chi connectivity index (χ1) is 13.6. The first kappa shape index (κ1) is 18.1. The Bertz CT molecular complexity index is 996. The number of hydrogen-bond donors (Lipinski definition) is 0. The largest absolute Gasteiger partial charge is 0.356 e. The van der Waals surface area contributed by atoms with Crippen LogP contribution >= 0.6 is 0 Å². The number of rotatable bonds is 5. The van der Waals surface area contributed by atoms with Crippen LogP contribution in [0.3, 0.4) is 0 Å². The molecule has 6 heteroatoms. The number of carbonyl (C=O) groups excluding carboxylic acids is 2. The Morgan fingerprint density at radius 2 is 1.79 bits per heavy atom. The summed E-state index contributed by atoms with van der Waals surface area (Å²) in [6, 6.07) is 15.0. The van der Waals surface area contributed by atoms with Gasteiger partial charge in [-0.05, 0) is 24.3 Å². The first-order valence-electron chi connectivity index (χ1n) is 9.21. The number of Topliss-reactive ketones (excluding diaryl/α,β-unsaturated/α-hetero) is 1. The summed E-state index contributed by atoms with van der Waals surface area (Å²) >= 11 is 0. The Hall–Kier alpha value is -3.28. The minimum atomic E-state index is -0.322. The number of hydrogen-bond acceptors (Lipinski definition) is 4. The van der Waals surface area contributed by atoms with Gasteiger partial charge in [-0.15, -0.1) is 0 Å². The molecule has 1 aliphatic rings. The average molecular weight is 378 g/mol. The molecule has 2 heterocycles. The lowest BCUT2D eigenvalue weighted by Crippen LogP contribution is -2.36. The van der Waals surface area contributed by atoms with Crippen LogP contribution in [0.4, 0.5) is 4.39 Å². The maximum absolute atomic E-state index is 13.2. The van der Waals surface area contributed by atoms with Crippen LogP contribution in [0.15, 0.2) is 59.1 Å². The maximum atomic E-state index is 13.2. The van der Waals surface area contributed by atoms with Crippen LogP contribution in [0.1, 0.15) is 34.5 Å². The Morgan fingerprint density at radius 3 is 2.54 bits per heavy atom. The van der Waals surface area contributed by atoms with Gasteiger partial charge in [-0.1, -0.05) is 35.5 Å². The van der Waals surface area contributed by atoms with E-state index in [1.54, 1.807) is 29.2 Å². The molecule has 142 valence electrons. The van der Waals surface area contributed by atoms with E-state index >= 15 is 0 Å². The van der Waals surface area contributed by atoms with Crippen LogP contribution in [-0.4, -0.2) is 28.3 Å². The van der Waals surface area contributed by atoms with E-state index in [1.165, 1.54) is 12.1 Å². The van der Waals surface area contributed by atoms with E-state index in [0.29, 0.717) is 30.8 Å². The first-order valence-corrected chi connectivity index (χ1v) is 9.21. The van der Waals surface area contributed by atoms with E-state index in [1.807, 2.05) is 18.2 Å². The molecule has 0 bridgehead atoms. The molecule has 1 aromatic heterocycles. The molecule has 1 aliphatic heterocycles. The van der Waals surface area contributed by atoms with E-state index in [2.05, 4.69) is 5.16 Å². The highest BCUT2D eigenvalue weighted by molar-refractivity contribution is 5.97. The van der Waals surface area contributed by atoms with Crippen LogP contribution in [-0.2, 0) is 17.8 Å². The summed E-state index contributed by atoms with van der Waals surface area (Å²) in [6.07, 6.45) is 0.944. The van der Waals surface area contributed by atoms with Gasteiger partial charge in [0, 0.05) is 42.5 Å². The van der Waals surface area contributed by atoms with Crippen molar-refractivity contribution in [1.82, 2.24) is 10.1 Å². The molecule has 0 saturated carbocycles. The molecule has 0 atom stereocenters. The summed E-state index contributed by atoms with van der Waals surface area (Å²) in [6.45, 7) is 0.921. The van der Waals surface area contributed by atoms with Crippen molar-refractivity contribution >= 4 is 11.7 Å². The molecule has 2 aromatic carbocycles. The Labute approximate surface area is 161 Å². The molecule has 0 spiro atoms. The third-order valence-electron chi connectivity index (χ3n) is 4.96. The summed E-state index contributed by atoms with van der Waals surface area (Å²) in [7, 11) is 0. The van der Waals surface area contributed by atoms with Gasteiger partial charge in [-0.2, -0.15) is 0 Å². The lowest BCUT2D eigenvalue weighted by molar-refractivity contribution is -0.132. The fourth-order valence-corrected chi connectivity index (χ4v) is 3.40. The van der Waals surface area contributed by atoms with Gasteiger partial charge in [0.2, 0.25) is 5.91 Å². The number of halogens is 1. The van der Waals surface area contributed by atoms with Gasteiger partial charge >= 0.3 is 0 Å². The molecule has 0 fully saturated rings. The predicted molar refractivity (Wildman–Crippen MR) is 101 cm³/mol. The molecule has 0 aliphatic carbocycles. The number of carbonyl (C=O) groups is 2. The molecule has 0 N–H and O–H groups in total. The fraction of sp³-hybridized carbons (Fsp3) is 0.227. The molecule has 3 aromatic rings. The van der Waals surface area contributed by atoms with Crippen LogP contribution < -0.4 is 0 Å². The fourth-order valence-electron chi connectivity index (χ4n) is 3.40. The molecule has 0 radical (unpaired) electrons. The second-order valence-electron chi connectivity index (χ2n) is 6.80. The Morgan fingerprint density at radius 1 is 1.04 bits per heavy atom. The number of amides is 1. The molecule has 0 unspecified atom stereocenters. The summed E-state index contributed by atoms with van der Waals surface area (Å²) < 4.78 is 18.6. The predicted octanol–water partition coefficient (Wildman–Crippen LogP) is 4.03. The Balaban J connectivity index is 1.43. The summed E-state index contributed by atoms with van der Waals surface area (Å²) in [5, 5.41) is 4.10. The topological polar surface area (TPSA) is 63.4 Å². The molecular weight excluding hydrogens is 359 g/mol. The van der Waals surface area contributed by atoms with E-state index in [9.17, 15) is 14.0 Å². The van der Waals surface area contributed by atoms with Gasteiger partial charge in [0.15, 0.2) is 11.5 Å². The third kappa shape index (κ3) is 3.71. The van der Waals surface area contributed by atoms with E-state index < -0.39 is 0 Å². The second-order valence-corrected chi connectivity index (χ2v) is 6.80. The summed E-state index contributed by atoms with van der Waals surface area (Å²) in [5.41, 5.74) is 3.02. The van der Waals surface area contributed by atoms with Gasteiger partial charge in [-0.25, -0.2) is 4.39 Å². The van der Waals surface area contributed by atoms with Gasteiger partial charge in [0.05, 0.1) is 12.2 Å². The van der Waals surface area contributed by atoms with Crippen molar-refractivity contribution in [3.8, 4) is 11.3 Å². The molecule has 1 amide bonds. The third-order valence-corrected chi connectivity index (χ3v) is 4.96. The van der Waals surface area contributed by atoms with Crippen molar-refractivity contribution in [3.63, 3.8) is 0 Å². The average Bonchev–Trinajstić information content (AvgIpc) is 3.16. The summed E-state index contributed by atoms with van der Waals surface area (Å²) in [5.74, 6) is 0.134. The van der Waals surface area contributed by atoms with Gasteiger partial charge in [0.1, 0.15) is 5.82 Å². The number of benzene rings is 2. The van der Waals surface area contributed by atoms with Crippen molar-refractivity contribution in [2.24, 2.45) is 0 Å². The Kier molecular flexibility index (Phi) is 5.02. The molecule has 28 heavy (non-hydrogen) atoms. The quantitative estimate of drug-likeness (QED) is 0.629. The zero-order valence-corrected chi connectivity index (χ0v) is 15.2. The van der Waals surface area contributed by atoms with Crippen LogP contribution in [0.25, 0.3) is 11.3 Å². The van der Waals surface area contributed by atoms with Crippen LogP contribution in [0.5, 0.6) is 0 Å². The summed E-state index contributed by atoms with van der Waals surface area (Å²) in [4.78, 5) is 26.6. The highest BCUT2D eigenvalue weighted by Crippen LogP contribution is 2.30. The van der Waals surface area contributed by atoms with Crippen molar-refractivity contribution in [3.05, 3.63) is 77.2 Å². The number of ketones is 1. The highest BCUT2D eigenvalue weighted by Gasteiger charge is 2.27. The molecular formula is C22H19FN2O3. The lowest BCUT2D eigenvalue weighted by atomic mass is 10.0. The number of fused-ring (bicyclic) bond motifs is 1. The number of aromatic nitrogens is 1. The SMILES string of the molecule is O=C(CCC(=O)N1CCc2noc(-c3ccc(F)cc3)c2C1)c1ccccc1. The molecule has 0 saturated heterocycles. The van der Waals surface area contributed by atoms with E-state index in [-0.39, 0.29) is 30.3 Å².